The average Bonchev–Trinajstić information content (AvgIpc) is 3.32. The van der Waals surface area contributed by atoms with E-state index >= 15 is 0 Å². The number of hydrogen-bond donors (Lipinski definition) is 5. The van der Waals surface area contributed by atoms with E-state index < -0.39 is 17.8 Å². The third kappa shape index (κ3) is 5.50. The number of anilines is 2. The first-order valence-electron chi connectivity index (χ1n) is 7.82. The second kappa shape index (κ2) is 8.03. The van der Waals surface area contributed by atoms with Crippen molar-refractivity contribution in [1.29, 1.82) is 10.7 Å². The van der Waals surface area contributed by atoms with Crippen LogP contribution in [-0.2, 0) is 4.79 Å². The number of benzene rings is 1. The normalized spacial score (nSPS) is 15.2. The Balaban J connectivity index is 2.28. The second-order valence-corrected chi connectivity index (χ2v) is 6.59. The van der Waals surface area contributed by atoms with E-state index in [-0.39, 0.29) is 17.0 Å². The van der Waals surface area contributed by atoms with Crippen LogP contribution in [0.5, 0.6) is 0 Å². The van der Waals surface area contributed by atoms with Gasteiger partial charge in [-0.25, -0.2) is 4.39 Å². The molecule has 0 unspecified atom stereocenters. The molecule has 1 aromatic carbocycles. The Hall–Kier alpha value is -2.53. The SMILES string of the molecule is CC(=N)/C=C(\S)Nc1cc(N[C@H](CC2CC2)C(N)=O)c(F)cc1C#N. The number of rotatable bonds is 8. The first-order valence-corrected chi connectivity index (χ1v) is 8.27. The lowest BCUT2D eigenvalue weighted by atomic mass is 10.1. The first-order chi connectivity index (χ1) is 11.8. The molecule has 1 aliphatic carbocycles. The van der Waals surface area contributed by atoms with Crippen molar-refractivity contribution in [3.63, 3.8) is 0 Å². The fourth-order valence-electron chi connectivity index (χ4n) is 2.38. The summed E-state index contributed by atoms with van der Waals surface area (Å²) < 4.78 is 14.3. The molecular formula is C17H20FN5OS. The molecule has 8 heteroatoms. The highest BCUT2D eigenvalue weighted by atomic mass is 32.1. The van der Waals surface area contributed by atoms with Gasteiger partial charge in [-0.3, -0.25) is 4.79 Å². The maximum Gasteiger partial charge on any atom is 0.239 e. The van der Waals surface area contributed by atoms with E-state index in [1.54, 1.807) is 6.92 Å². The molecular weight excluding hydrogens is 341 g/mol. The van der Waals surface area contributed by atoms with Crippen LogP contribution in [0.1, 0.15) is 31.7 Å². The standard InChI is InChI=1S/C17H20FN5OS/c1-9(20)4-16(25)23-13-7-14(12(18)6-11(13)8-19)22-15(17(21)24)5-10-2-3-10/h4,6-7,10,15,20,22-23,25H,2-3,5H2,1H3,(H2,21,24)/b16-4-,20-9?/t15-/m1/s1. The largest absolute Gasteiger partial charge is 0.371 e. The van der Waals surface area contributed by atoms with Gasteiger partial charge in [-0.2, -0.15) is 5.26 Å². The third-order valence-electron chi connectivity index (χ3n) is 3.78. The van der Waals surface area contributed by atoms with Crippen LogP contribution in [0, 0.1) is 28.5 Å². The Morgan fingerprint density at radius 3 is 2.76 bits per heavy atom. The summed E-state index contributed by atoms with van der Waals surface area (Å²) in [6.45, 7) is 1.58. The summed E-state index contributed by atoms with van der Waals surface area (Å²) in [5, 5.41) is 22.6. The highest BCUT2D eigenvalue weighted by Gasteiger charge is 2.28. The van der Waals surface area contributed by atoms with E-state index in [2.05, 4.69) is 23.3 Å². The fraction of sp³-hybridized carbons (Fsp3) is 0.353. The topological polar surface area (TPSA) is 115 Å². The number of primary amides is 1. The molecule has 0 heterocycles. The molecule has 1 saturated carbocycles. The molecule has 1 amide bonds. The van der Waals surface area contributed by atoms with Crippen molar-refractivity contribution in [2.75, 3.05) is 10.6 Å². The van der Waals surface area contributed by atoms with Crippen molar-refractivity contribution in [2.45, 2.75) is 32.2 Å². The number of carbonyl (C=O) groups excluding carboxylic acids is 1. The summed E-state index contributed by atoms with van der Waals surface area (Å²) in [6, 6.07) is 3.72. The monoisotopic (exact) mass is 361 g/mol. The van der Waals surface area contributed by atoms with Crippen LogP contribution in [0.2, 0.25) is 0 Å². The van der Waals surface area contributed by atoms with Crippen LogP contribution >= 0.6 is 12.6 Å². The predicted molar refractivity (Wildman–Crippen MR) is 99.2 cm³/mol. The van der Waals surface area contributed by atoms with Crippen LogP contribution in [0.4, 0.5) is 15.8 Å². The molecule has 25 heavy (non-hydrogen) atoms. The zero-order valence-electron chi connectivity index (χ0n) is 13.8. The average molecular weight is 361 g/mol. The number of carbonyl (C=O) groups is 1. The van der Waals surface area contributed by atoms with Gasteiger partial charge < -0.3 is 21.8 Å². The van der Waals surface area contributed by atoms with Gasteiger partial charge in [-0.1, -0.05) is 12.8 Å². The zero-order valence-corrected chi connectivity index (χ0v) is 14.7. The molecule has 1 aromatic rings. The Bertz CT molecular complexity index is 767. The number of nitrogens with zero attached hydrogens (tertiary/aromatic N) is 1. The van der Waals surface area contributed by atoms with Gasteiger partial charge >= 0.3 is 0 Å². The number of allylic oxidation sites excluding steroid dienone is 1. The third-order valence-corrected chi connectivity index (χ3v) is 4.02. The second-order valence-electron chi connectivity index (χ2n) is 6.11. The lowest BCUT2D eigenvalue weighted by Crippen LogP contribution is -2.36. The number of nitriles is 1. The Morgan fingerprint density at radius 2 is 2.24 bits per heavy atom. The van der Waals surface area contributed by atoms with Gasteiger partial charge in [0.05, 0.1) is 22.0 Å². The van der Waals surface area contributed by atoms with E-state index in [0.717, 1.165) is 18.9 Å². The van der Waals surface area contributed by atoms with Crippen LogP contribution in [0.3, 0.4) is 0 Å². The van der Waals surface area contributed by atoms with Gasteiger partial charge in [-0.05, 0) is 37.5 Å². The van der Waals surface area contributed by atoms with Gasteiger partial charge in [0.1, 0.15) is 17.9 Å². The van der Waals surface area contributed by atoms with Crippen molar-refractivity contribution in [1.82, 2.24) is 0 Å². The van der Waals surface area contributed by atoms with Crippen LogP contribution in [0.15, 0.2) is 23.2 Å². The molecule has 0 spiro atoms. The van der Waals surface area contributed by atoms with Crippen molar-refractivity contribution in [3.8, 4) is 6.07 Å². The maximum absolute atomic E-state index is 14.3. The summed E-state index contributed by atoms with van der Waals surface area (Å²) in [4.78, 5) is 11.6. The number of amides is 1. The Labute approximate surface area is 151 Å². The smallest absolute Gasteiger partial charge is 0.239 e. The van der Waals surface area contributed by atoms with Crippen molar-refractivity contribution in [2.24, 2.45) is 11.7 Å². The van der Waals surface area contributed by atoms with Gasteiger partial charge in [-0.15, -0.1) is 12.6 Å². The summed E-state index contributed by atoms with van der Waals surface area (Å²) in [7, 11) is 0. The molecule has 0 aliphatic heterocycles. The van der Waals surface area contributed by atoms with Crippen molar-refractivity contribution in [3.05, 3.63) is 34.6 Å². The van der Waals surface area contributed by atoms with Crippen LogP contribution in [-0.4, -0.2) is 17.7 Å². The van der Waals surface area contributed by atoms with Gasteiger partial charge in [0.15, 0.2) is 0 Å². The minimum absolute atomic E-state index is 0.0821. The van der Waals surface area contributed by atoms with E-state index in [0.29, 0.717) is 23.1 Å². The fourth-order valence-corrected chi connectivity index (χ4v) is 2.69. The van der Waals surface area contributed by atoms with E-state index in [1.807, 2.05) is 6.07 Å². The van der Waals surface area contributed by atoms with Gasteiger partial charge in [0.2, 0.25) is 5.91 Å². The number of halogens is 1. The Kier molecular flexibility index (Phi) is 6.04. The summed E-state index contributed by atoms with van der Waals surface area (Å²) in [6.07, 6.45) is 4.11. The molecule has 0 aromatic heterocycles. The van der Waals surface area contributed by atoms with Gasteiger partial charge in [0, 0.05) is 5.71 Å². The highest BCUT2D eigenvalue weighted by molar-refractivity contribution is 7.84. The molecule has 0 bridgehead atoms. The lowest BCUT2D eigenvalue weighted by Gasteiger charge is -2.18. The minimum atomic E-state index is -0.669. The lowest BCUT2D eigenvalue weighted by molar-refractivity contribution is -0.118. The highest BCUT2D eigenvalue weighted by Crippen LogP contribution is 2.35. The number of nitrogens with two attached hydrogens (primary N) is 1. The molecule has 2 rings (SSSR count). The first kappa shape index (κ1) is 18.8. The zero-order chi connectivity index (χ0) is 18.6. The van der Waals surface area contributed by atoms with Gasteiger partial charge in [0.25, 0.3) is 0 Å². The van der Waals surface area contributed by atoms with Crippen LogP contribution < -0.4 is 16.4 Å². The molecule has 1 fully saturated rings. The number of hydrogen-bond acceptors (Lipinski definition) is 6. The molecule has 132 valence electrons. The maximum atomic E-state index is 14.3. The molecule has 6 nitrogen and oxygen atoms in total. The van der Waals surface area contributed by atoms with Crippen molar-refractivity contribution >= 4 is 35.6 Å². The minimum Gasteiger partial charge on any atom is -0.371 e. The summed E-state index contributed by atoms with van der Waals surface area (Å²) in [5.41, 5.74) is 6.17. The number of thiol groups is 1. The van der Waals surface area contributed by atoms with Crippen LogP contribution in [0.25, 0.3) is 0 Å². The molecule has 0 saturated heterocycles. The Morgan fingerprint density at radius 1 is 1.56 bits per heavy atom. The van der Waals surface area contributed by atoms with E-state index in [9.17, 15) is 14.4 Å². The van der Waals surface area contributed by atoms with Crippen molar-refractivity contribution < 1.29 is 9.18 Å². The van der Waals surface area contributed by atoms with E-state index in [1.165, 1.54) is 12.1 Å². The molecule has 1 atom stereocenters. The summed E-state index contributed by atoms with van der Waals surface area (Å²) >= 11 is 4.19. The molecule has 5 N–H and O–H groups in total. The predicted octanol–water partition coefficient (Wildman–Crippen LogP) is 2.99. The quantitative estimate of drug-likeness (QED) is 0.362. The molecule has 1 aliphatic rings. The number of nitrogens with one attached hydrogen (secondary N) is 3. The summed E-state index contributed by atoms with van der Waals surface area (Å²) in [5.74, 6) is -0.747. The molecule has 0 radical (unpaired) electrons. The van der Waals surface area contributed by atoms with E-state index in [4.69, 9.17) is 11.1 Å².